The zero-order valence-electron chi connectivity index (χ0n) is 8.06. The molecule has 0 aliphatic heterocycles. The van der Waals surface area contributed by atoms with Gasteiger partial charge >= 0.3 is 0 Å². The van der Waals surface area contributed by atoms with Crippen molar-refractivity contribution in [1.29, 1.82) is 0 Å². The molecule has 78 valence electrons. The van der Waals surface area contributed by atoms with Gasteiger partial charge in [0.1, 0.15) is 0 Å². The van der Waals surface area contributed by atoms with E-state index in [1.54, 1.807) is 0 Å². The molecule has 1 atom stereocenters. The van der Waals surface area contributed by atoms with E-state index in [9.17, 15) is 0 Å². The molecule has 0 amide bonds. The van der Waals surface area contributed by atoms with E-state index in [0.717, 1.165) is 0 Å². The first kappa shape index (κ1) is 18.2. The molecule has 0 radical (unpaired) electrons. The Hall–Kier alpha value is 0.310. The van der Waals surface area contributed by atoms with Crippen LogP contribution in [0.25, 0.3) is 0 Å². The summed E-state index contributed by atoms with van der Waals surface area (Å²) in [4.78, 5) is 0. The van der Waals surface area contributed by atoms with Crippen LogP contribution in [0.2, 0.25) is 0 Å². The van der Waals surface area contributed by atoms with Crippen LogP contribution in [0, 0.1) is 5.92 Å². The monoisotopic (exact) mass is 193 g/mol. The third-order valence-corrected chi connectivity index (χ3v) is 2.00. The molecule has 2 heteroatoms. The van der Waals surface area contributed by atoms with Crippen LogP contribution in [-0.4, -0.2) is 6.04 Å². The predicted octanol–water partition coefficient (Wildman–Crippen LogP) is 3.30. The van der Waals surface area contributed by atoms with Gasteiger partial charge in [-0.1, -0.05) is 47.5 Å². The van der Waals surface area contributed by atoms with E-state index >= 15 is 0 Å². The van der Waals surface area contributed by atoms with Crippen molar-refractivity contribution >= 4 is 13.5 Å². The summed E-state index contributed by atoms with van der Waals surface area (Å²) in [5, 5.41) is 0. The van der Waals surface area contributed by atoms with Gasteiger partial charge in [-0.15, -0.1) is 0 Å². The predicted molar refractivity (Wildman–Crippen MR) is 64.1 cm³/mol. The summed E-state index contributed by atoms with van der Waals surface area (Å²) < 4.78 is 0. The van der Waals surface area contributed by atoms with Crippen molar-refractivity contribution in [2.75, 3.05) is 0 Å². The molecular formula is C10H27NS. The molecule has 0 spiro atoms. The van der Waals surface area contributed by atoms with Gasteiger partial charge in [0, 0.05) is 6.04 Å². The van der Waals surface area contributed by atoms with Crippen LogP contribution < -0.4 is 5.73 Å². The number of nitrogens with two attached hydrogens (primary N) is 1. The lowest BCUT2D eigenvalue weighted by molar-refractivity contribution is 0.444. The van der Waals surface area contributed by atoms with Gasteiger partial charge in [0.05, 0.1) is 0 Å². The zero-order chi connectivity index (χ0) is 7.98. The average molecular weight is 193 g/mol. The SMILES string of the molecule is C.CCCCCC(N)C(C)C.S. The highest BCUT2D eigenvalue weighted by Gasteiger charge is 2.05. The molecule has 1 unspecified atom stereocenters. The van der Waals surface area contributed by atoms with Gasteiger partial charge in [0.25, 0.3) is 0 Å². The minimum atomic E-state index is 0. The van der Waals surface area contributed by atoms with Crippen LogP contribution in [0.5, 0.6) is 0 Å². The van der Waals surface area contributed by atoms with E-state index in [1.165, 1.54) is 25.7 Å². The Morgan fingerprint density at radius 3 is 2.00 bits per heavy atom. The summed E-state index contributed by atoms with van der Waals surface area (Å²) in [5.41, 5.74) is 5.86. The lowest BCUT2D eigenvalue weighted by Gasteiger charge is -2.14. The highest BCUT2D eigenvalue weighted by atomic mass is 32.1. The summed E-state index contributed by atoms with van der Waals surface area (Å²) in [6.07, 6.45) is 5.13. The van der Waals surface area contributed by atoms with Crippen molar-refractivity contribution in [2.24, 2.45) is 11.7 Å². The van der Waals surface area contributed by atoms with Crippen LogP contribution in [0.15, 0.2) is 0 Å². The van der Waals surface area contributed by atoms with Crippen LogP contribution >= 0.6 is 13.5 Å². The van der Waals surface area contributed by atoms with Gasteiger partial charge in [-0.25, -0.2) is 0 Å². The molecule has 2 N–H and O–H groups in total. The Balaban J connectivity index is -0.000000405. The maximum atomic E-state index is 5.86. The van der Waals surface area contributed by atoms with Crippen molar-refractivity contribution in [2.45, 2.75) is 59.9 Å². The molecule has 0 aliphatic rings. The fourth-order valence-electron chi connectivity index (χ4n) is 0.963. The normalized spacial score (nSPS) is 11.8. The minimum absolute atomic E-state index is 0. The second kappa shape index (κ2) is 11.3. The van der Waals surface area contributed by atoms with Crippen molar-refractivity contribution in [3.8, 4) is 0 Å². The maximum absolute atomic E-state index is 5.86. The number of hydrogen-bond acceptors (Lipinski definition) is 1. The Bertz CT molecular complexity index is 74.2. The summed E-state index contributed by atoms with van der Waals surface area (Å²) in [6, 6.07) is 0.423. The van der Waals surface area contributed by atoms with Gasteiger partial charge < -0.3 is 5.73 Å². The van der Waals surface area contributed by atoms with Gasteiger partial charge in [0.15, 0.2) is 0 Å². The number of unbranched alkanes of at least 4 members (excludes halogenated alkanes) is 2. The molecule has 0 saturated carbocycles. The number of rotatable bonds is 5. The van der Waals surface area contributed by atoms with E-state index in [0.29, 0.717) is 12.0 Å². The molecule has 0 bridgehead atoms. The van der Waals surface area contributed by atoms with Gasteiger partial charge in [-0.3, -0.25) is 0 Å². The summed E-state index contributed by atoms with van der Waals surface area (Å²) in [7, 11) is 0. The molecule has 0 saturated heterocycles. The first-order valence-corrected chi connectivity index (χ1v) is 4.44. The van der Waals surface area contributed by atoms with E-state index in [-0.39, 0.29) is 20.9 Å². The quantitative estimate of drug-likeness (QED) is 0.666. The molecule has 1 nitrogen and oxygen atoms in total. The lowest BCUT2D eigenvalue weighted by Crippen LogP contribution is -2.25. The molecule has 12 heavy (non-hydrogen) atoms. The summed E-state index contributed by atoms with van der Waals surface area (Å²) in [6.45, 7) is 6.61. The fourth-order valence-corrected chi connectivity index (χ4v) is 0.963. The molecule has 0 aliphatic carbocycles. The van der Waals surface area contributed by atoms with E-state index in [2.05, 4.69) is 20.8 Å². The third kappa shape index (κ3) is 10.3. The molecule has 0 aromatic rings. The van der Waals surface area contributed by atoms with Crippen LogP contribution in [0.1, 0.15) is 53.9 Å². The van der Waals surface area contributed by atoms with Gasteiger partial charge in [0.2, 0.25) is 0 Å². The van der Waals surface area contributed by atoms with Crippen LogP contribution in [-0.2, 0) is 0 Å². The largest absolute Gasteiger partial charge is 0.327 e. The Kier molecular flexibility index (Phi) is 17.1. The Morgan fingerprint density at radius 2 is 1.67 bits per heavy atom. The maximum Gasteiger partial charge on any atom is 0.00618 e. The van der Waals surface area contributed by atoms with Crippen molar-refractivity contribution in [1.82, 2.24) is 0 Å². The first-order valence-electron chi connectivity index (χ1n) is 4.44. The highest BCUT2D eigenvalue weighted by molar-refractivity contribution is 7.59. The topological polar surface area (TPSA) is 26.0 Å². The standard InChI is InChI=1S/C9H21N.CH4.H2S/c1-4-5-6-7-9(10)8(2)3;;/h8-9H,4-7,10H2,1-3H3;1H4;1H2. The van der Waals surface area contributed by atoms with Crippen molar-refractivity contribution in [3.63, 3.8) is 0 Å². The molecule has 0 rings (SSSR count). The smallest absolute Gasteiger partial charge is 0.00618 e. The average Bonchev–Trinajstić information content (AvgIpc) is 1.88. The highest BCUT2D eigenvalue weighted by Crippen LogP contribution is 2.08. The van der Waals surface area contributed by atoms with E-state index in [4.69, 9.17) is 5.73 Å². The van der Waals surface area contributed by atoms with Crippen molar-refractivity contribution in [3.05, 3.63) is 0 Å². The second-order valence-electron chi connectivity index (χ2n) is 3.40. The van der Waals surface area contributed by atoms with E-state index < -0.39 is 0 Å². The Morgan fingerprint density at radius 1 is 1.17 bits per heavy atom. The van der Waals surface area contributed by atoms with Gasteiger partial charge in [-0.2, -0.15) is 13.5 Å². The molecular weight excluding hydrogens is 166 g/mol. The van der Waals surface area contributed by atoms with Crippen molar-refractivity contribution < 1.29 is 0 Å². The Labute approximate surface area is 85.6 Å². The summed E-state index contributed by atoms with van der Waals surface area (Å²) >= 11 is 0. The first-order chi connectivity index (χ1) is 4.68. The molecule has 0 aromatic heterocycles. The number of hydrogen-bond donors (Lipinski definition) is 1. The van der Waals surface area contributed by atoms with Gasteiger partial charge in [-0.05, 0) is 12.3 Å². The third-order valence-electron chi connectivity index (χ3n) is 2.00. The van der Waals surface area contributed by atoms with E-state index in [1.807, 2.05) is 0 Å². The molecule has 0 heterocycles. The minimum Gasteiger partial charge on any atom is -0.327 e. The fraction of sp³-hybridized carbons (Fsp3) is 1.00. The summed E-state index contributed by atoms with van der Waals surface area (Å²) in [5.74, 6) is 0.650. The molecule has 0 aromatic carbocycles. The van der Waals surface area contributed by atoms with Crippen LogP contribution in [0.4, 0.5) is 0 Å². The zero-order valence-corrected chi connectivity index (χ0v) is 9.06. The molecule has 0 fully saturated rings. The van der Waals surface area contributed by atoms with Crippen LogP contribution in [0.3, 0.4) is 0 Å². The lowest BCUT2D eigenvalue weighted by atomic mass is 9.99. The second-order valence-corrected chi connectivity index (χ2v) is 3.40.